The summed E-state index contributed by atoms with van der Waals surface area (Å²) < 4.78 is 34.0. The minimum atomic E-state index is -0.854. The van der Waals surface area contributed by atoms with Crippen molar-refractivity contribution in [2.45, 2.75) is 26.8 Å². The number of hydrogen-bond donors (Lipinski definition) is 1. The normalized spacial score (nSPS) is 10.6. The van der Waals surface area contributed by atoms with Gasteiger partial charge in [0.1, 0.15) is 0 Å². The van der Waals surface area contributed by atoms with Crippen molar-refractivity contribution < 1.29 is 13.5 Å². The molecule has 2 rings (SSSR count). The number of nitrogens with zero attached hydrogens (tertiary/aromatic N) is 3. The summed E-state index contributed by atoms with van der Waals surface area (Å²) in [6.07, 6.45) is 4.03. The molecule has 0 unspecified atom stereocenters. The Kier molecular flexibility index (Phi) is 4.49. The predicted molar refractivity (Wildman–Crippen MR) is 70.9 cm³/mol. The van der Waals surface area contributed by atoms with Crippen LogP contribution in [0.1, 0.15) is 20.3 Å². The summed E-state index contributed by atoms with van der Waals surface area (Å²) in [7, 11) is 0. The van der Waals surface area contributed by atoms with Crippen molar-refractivity contribution in [2.75, 3.05) is 11.9 Å². The maximum atomic E-state index is 13.6. The number of ether oxygens (including phenoxy) is 1. The molecule has 108 valence electrons. The Morgan fingerprint density at radius 3 is 2.80 bits per heavy atom. The van der Waals surface area contributed by atoms with Gasteiger partial charge in [0.15, 0.2) is 23.2 Å². The number of anilines is 1. The zero-order valence-electron chi connectivity index (χ0n) is 11.4. The van der Waals surface area contributed by atoms with Crippen LogP contribution >= 0.6 is 0 Å². The third-order valence-electron chi connectivity index (χ3n) is 2.52. The zero-order valence-corrected chi connectivity index (χ0v) is 11.4. The molecule has 2 heterocycles. The fourth-order valence-corrected chi connectivity index (χ4v) is 1.67. The van der Waals surface area contributed by atoms with E-state index in [9.17, 15) is 8.78 Å². The van der Waals surface area contributed by atoms with Gasteiger partial charge in [0, 0.05) is 19.2 Å². The summed E-state index contributed by atoms with van der Waals surface area (Å²) in [6, 6.07) is 0.747. The van der Waals surface area contributed by atoms with Crippen molar-refractivity contribution in [1.82, 2.24) is 14.8 Å². The number of pyridine rings is 1. The highest BCUT2D eigenvalue weighted by molar-refractivity contribution is 5.40. The lowest BCUT2D eigenvalue weighted by Gasteiger charge is -2.08. The van der Waals surface area contributed by atoms with E-state index >= 15 is 0 Å². The van der Waals surface area contributed by atoms with Gasteiger partial charge in [-0.15, -0.1) is 0 Å². The maximum absolute atomic E-state index is 13.6. The van der Waals surface area contributed by atoms with E-state index in [0.29, 0.717) is 12.3 Å². The van der Waals surface area contributed by atoms with Crippen LogP contribution in [0.3, 0.4) is 0 Å². The van der Waals surface area contributed by atoms with Crippen molar-refractivity contribution >= 4 is 5.82 Å². The monoisotopic (exact) mass is 282 g/mol. The minimum Gasteiger partial charge on any atom is -0.433 e. The maximum Gasteiger partial charge on any atom is 0.258 e. The van der Waals surface area contributed by atoms with Crippen molar-refractivity contribution in [1.29, 1.82) is 0 Å². The Labute approximate surface area is 115 Å². The Balaban J connectivity index is 2.20. The lowest BCUT2D eigenvalue weighted by atomic mass is 10.4. The molecule has 0 aliphatic rings. The summed E-state index contributed by atoms with van der Waals surface area (Å²) in [4.78, 5) is 3.79. The third-order valence-corrected chi connectivity index (χ3v) is 2.52. The lowest BCUT2D eigenvalue weighted by molar-refractivity contribution is 0.417. The number of nitrogens with one attached hydrogen (secondary N) is 1. The molecule has 0 saturated carbocycles. The second kappa shape index (κ2) is 6.31. The number of rotatable bonds is 6. The number of aromatic nitrogens is 3. The summed E-state index contributed by atoms with van der Waals surface area (Å²) in [6.45, 7) is 5.03. The van der Waals surface area contributed by atoms with Crippen molar-refractivity contribution in [3.8, 4) is 11.6 Å². The summed E-state index contributed by atoms with van der Waals surface area (Å²) >= 11 is 0. The molecular weight excluding hydrogens is 266 g/mol. The Bertz CT molecular complexity index is 586. The molecule has 2 aromatic heterocycles. The summed E-state index contributed by atoms with van der Waals surface area (Å²) in [5, 5.41) is 6.76. The fraction of sp³-hybridized carbons (Fsp3) is 0.385. The van der Waals surface area contributed by atoms with Crippen LogP contribution in [-0.4, -0.2) is 21.3 Å². The quantitative estimate of drug-likeness (QED) is 0.884. The van der Waals surface area contributed by atoms with Crippen LogP contribution in [0.2, 0.25) is 0 Å². The SMILES string of the molecule is CCCn1cc(Oc2nc(NCC)c(F)cc2F)cn1. The molecule has 0 bridgehead atoms. The van der Waals surface area contributed by atoms with E-state index in [1.165, 1.54) is 6.20 Å². The van der Waals surface area contributed by atoms with E-state index in [1.54, 1.807) is 17.8 Å². The Morgan fingerprint density at radius 1 is 1.30 bits per heavy atom. The van der Waals surface area contributed by atoms with Gasteiger partial charge in [-0.1, -0.05) is 6.92 Å². The van der Waals surface area contributed by atoms with Gasteiger partial charge < -0.3 is 10.1 Å². The van der Waals surface area contributed by atoms with Crippen molar-refractivity contribution in [2.24, 2.45) is 0 Å². The van der Waals surface area contributed by atoms with E-state index in [0.717, 1.165) is 19.0 Å². The summed E-state index contributed by atoms with van der Waals surface area (Å²) in [5.74, 6) is -1.56. The minimum absolute atomic E-state index is 0.0372. The molecule has 0 radical (unpaired) electrons. The highest BCUT2D eigenvalue weighted by atomic mass is 19.1. The fourth-order valence-electron chi connectivity index (χ4n) is 1.67. The smallest absolute Gasteiger partial charge is 0.258 e. The molecule has 20 heavy (non-hydrogen) atoms. The predicted octanol–water partition coefficient (Wildman–Crippen LogP) is 3.19. The first-order chi connectivity index (χ1) is 9.63. The van der Waals surface area contributed by atoms with Gasteiger partial charge in [-0.3, -0.25) is 4.68 Å². The zero-order chi connectivity index (χ0) is 14.5. The van der Waals surface area contributed by atoms with E-state index in [2.05, 4.69) is 15.4 Å². The standard InChI is InChI=1S/C13H16F2N4O/c1-3-5-19-8-9(7-17-19)20-13-11(15)6-10(14)12(18-13)16-4-2/h6-8H,3-5H2,1-2H3,(H,16,18). The van der Waals surface area contributed by atoms with Crippen LogP contribution in [-0.2, 0) is 6.54 Å². The molecule has 2 aromatic rings. The number of hydrogen-bond acceptors (Lipinski definition) is 4. The molecule has 0 aliphatic carbocycles. The topological polar surface area (TPSA) is 52.0 Å². The molecule has 0 fully saturated rings. The van der Waals surface area contributed by atoms with Crippen LogP contribution < -0.4 is 10.1 Å². The molecule has 0 aromatic carbocycles. The third kappa shape index (κ3) is 3.23. The molecule has 0 aliphatic heterocycles. The first-order valence-electron chi connectivity index (χ1n) is 6.44. The highest BCUT2D eigenvalue weighted by Gasteiger charge is 2.14. The number of aryl methyl sites for hydroxylation is 1. The molecular formula is C13H16F2N4O. The van der Waals surface area contributed by atoms with E-state index in [-0.39, 0.29) is 11.7 Å². The largest absolute Gasteiger partial charge is 0.433 e. The van der Waals surface area contributed by atoms with Gasteiger partial charge in [0.05, 0.1) is 12.4 Å². The van der Waals surface area contributed by atoms with Crippen LogP contribution in [0.5, 0.6) is 11.6 Å². The number of halogens is 2. The van der Waals surface area contributed by atoms with E-state index in [1.807, 2.05) is 6.92 Å². The van der Waals surface area contributed by atoms with Crippen molar-refractivity contribution in [3.63, 3.8) is 0 Å². The molecule has 1 N–H and O–H groups in total. The Morgan fingerprint density at radius 2 is 2.10 bits per heavy atom. The molecule has 7 heteroatoms. The lowest BCUT2D eigenvalue weighted by Crippen LogP contribution is -2.04. The second-order valence-electron chi connectivity index (χ2n) is 4.18. The van der Waals surface area contributed by atoms with Gasteiger partial charge in [-0.25, -0.2) is 8.78 Å². The Hall–Kier alpha value is -2.18. The van der Waals surface area contributed by atoms with Gasteiger partial charge in [-0.05, 0) is 13.3 Å². The molecule has 0 spiro atoms. The second-order valence-corrected chi connectivity index (χ2v) is 4.18. The summed E-state index contributed by atoms with van der Waals surface area (Å²) in [5.41, 5.74) is 0. The molecule has 0 saturated heterocycles. The van der Waals surface area contributed by atoms with Gasteiger partial charge in [-0.2, -0.15) is 10.1 Å². The highest BCUT2D eigenvalue weighted by Crippen LogP contribution is 2.25. The van der Waals surface area contributed by atoms with Crippen molar-refractivity contribution in [3.05, 3.63) is 30.1 Å². The van der Waals surface area contributed by atoms with Gasteiger partial charge >= 0.3 is 0 Å². The first kappa shape index (κ1) is 14.2. The van der Waals surface area contributed by atoms with Gasteiger partial charge in [0.25, 0.3) is 5.88 Å². The van der Waals surface area contributed by atoms with Crippen LogP contribution in [0, 0.1) is 11.6 Å². The van der Waals surface area contributed by atoms with Gasteiger partial charge in [0.2, 0.25) is 0 Å². The van der Waals surface area contributed by atoms with E-state index < -0.39 is 11.6 Å². The van der Waals surface area contributed by atoms with E-state index in [4.69, 9.17) is 4.74 Å². The first-order valence-corrected chi connectivity index (χ1v) is 6.44. The van der Waals surface area contributed by atoms with Crippen LogP contribution in [0.25, 0.3) is 0 Å². The van der Waals surface area contributed by atoms with Crippen LogP contribution in [0.15, 0.2) is 18.5 Å². The average molecular weight is 282 g/mol. The molecule has 0 atom stereocenters. The molecule has 5 nitrogen and oxygen atoms in total. The van der Waals surface area contributed by atoms with Crippen LogP contribution in [0.4, 0.5) is 14.6 Å². The average Bonchev–Trinajstić information content (AvgIpc) is 2.83. The molecule has 0 amide bonds.